The second kappa shape index (κ2) is 2.01. The summed E-state index contributed by atoms with van der Waals surface area (Å²) in [5, 5.41) is 4.15. The summed E-state index contributed by atoms with van der Waals surface area (Å²) in [7, 11) is 0. The number of rotatable bonds is 0. The van der Waals surface area contributed by atoms with Crippen LogP contribution < -0.4 is 0 Å². The molecule has 40 valence electrons. The van der Waals surface area contributed by atoms with Crippen LogP contribution in [0.15, 0.2) is 12.3 Å². The van der Waals surface area contributed by atoms with E-state index in [1.165, 1.54) is 12.8 Å². The zero-order valence-electron chi connectivity index (χ0n) is 4.59. The molecule has 0 saturated carbocycles. The van der Waals surface area contributed by atoms with Gasteiger partial charge in [-0.25, -0.2) is 0 Å². The van der Waals surface area contributed by atoms with Crippen LogP contribution in [0.5, 0.6) is 0 Å². The molecule has 0 saturated heterocycles. The zero-order chi connectivity index (χ0) is 5.11. The largest absolute Gasteiger partial charge is 0.688 e. The van der Waals surface area contributed by atoms with Gasteiger partial charge in [0.25, 0.3) is 0 Å². The fraction of sp³-hybridized carbons (Fsp3) is 0.667. The van der Waals surface area contributed by atoms with Crippen molar-refractivity contribution in [2.45, 2.75) is 25.8 Å². The molecular formula is C6H10N-. The van der Waals surface area contributed by atoms with Crippen molar-refractivity contribution >= 4 is 0 Å². The first kappa shape index (κ1) is 4.69. The van der Waals surface area contributed by atoms with Crippen molar-refractivity contribution in [1.29, 1.82) is 0 Å². The summed E-state index contributed by atoms with van der Waals surface area (Å²) in [6.07, 6.45) is 6.47. The lowest BCUT2D eigenvalue weighted by atomic mass is 10.1. The van der Waals surface area contributed by atoms with Crippen molar-refractivity contribution in [1.82, 2.24) is 0 Å². The van der Waals surface area contributed by atoms with Gasteiger partial charge in [0.2, 0.25) is 0 Å². The van der Waals surface area contributed by atoms with Gasteiger partial charge in [-0.1, -0.05) is 13.3 Å². The predicted octanol–water partition coefficient (Wildman–Crippen LogP) is 2.06. The Kier molecular flexibility index (Phi) is 1.35. The van der Waals surface area contributed by atoms with E-state index in [2.05, 4.69) is 18.3 Å². The summed E-state index contributed by atoms with van der Waals surface area (Å²) in [6.45, 7) is 2.14. The van der Waals surface area contributed by atoms with Gasteiger partial charge in [0.15, 0.2) is 0 Å². The zero-order valence-corrected chi connectivity index (χ0v) is 4.59. The first-order valence-electron chi connectivity index (χ1n) is 2.74. The Hall–Kier alpha value is -0.460. The SMILES string of the molecule is C[C@@H]1CCC=C[N-]1. The summed E-state index contributed by atoms with van der Waals surface area (Å²) < 4.78 is 0. The lowest BCUT2D eigenvalue weighted by molar-refractivity contribution is 0.724. The van der Waals surface area contributed by atoms with Crippen LogP contribution in [-0.4, -0.2) is 6.04 Å². The van der Waals surface area contributed by atoms with Crippen LogP contribution in [-0.2, 0) is 0 Å². The van der Waals surface area contributed by atoms with E-state index in [-0.39, 0.29) is 0 Å². The Morgan fingerprint density at radius 3 is 2.86 bits per heavy atom. The highest BCUT2D eigenvalue weighted by molar-refractivity contribution is 5.08. The molecule has 0 N–H and O–H groups in total. The number of allylic oxidation sites excluding steroid dienone is 1. The molecule has 0 amide bonds. The second-order valence-corrected chi connectivity index (χ2v) is 1.96. The molecule has 0 aromatic rings. The first-order valence-corrected chi connectivity index (χ1v) is 2.74. The van der Waals surface area contributed by atoms with Crippen LogP contribution in [0.1, 0.15) is 19.8 Å². The molecule has 0 aromatic carbocycles. The molecule has 1 rings (SSSR count). The van der Waals surface area contributed by atoms with Crippen molar-refractivity contribution in [3.63, 3.8) is 0 Å². The Balaban J connectivity index is 2.32. The van der Waals surface area contributed by atoms with Gasteiger partial charge < -0.3 is 5.32 Å². The fourth-order valence-corrected chi connectivity index (χ4v) is 0.694. The van der Waals surface area contributed by atoms with Gasteiger partial charge in [-0.2, -0.15) is 6.20 Å². The highest BCUT2D eigenvalue weighted by Gasteiger charge is 1.88. The minimum absolute atomic E-state index is 0.574. The van der Waals surface area contributed by atoms with Gasteiger partial charge >= 0.3 is 0 Å². The number of hydrogen-bond donors (Lipinski definition) is 0. The molecule has 0 spiro atoms. The van der Waals surface area contributed by atoms with E-state index in [1.54, 1.807) is 0 Å². The Labute approximate surface area is 44.4 Å². The molecule has 1 nitrogen and oxygen atoms in total. The van der Waals surface area contributed by atoms with Gasteiger partial charge in [-0.15, -0.1) is 12.1 Å². The summed E-state index contributed by atoms with van der Waals surface area (Å²) in [4.78, 5) is 0. The molecule has 1 aliphatic heterocycles. The quantitative estimate of drug-likeness (QED) is 0.438. The van der Waals surface area contributed by atoms with Crippen LogP contribution >= 0.6 is 0 Å². The Morgan fingerprint density at radius 2 is 2.57 bits per heavy atom. The highest BCUT2D eigenvalue weighted by atomic mass is 14.9. The van der Waals surface area contributed by atoms with E-state index in [1.807, 2.05) is 6.20 Å². The maximum Gasteiger partial charge on any atom is -0.0377 e. The molecule has 0 radical (unpaired) electrons. The van der Waals surface area contributed by atoms with Crippen LogP contribution in [0.2, 0.25) is 0 Å². The van der Waals surface area contributed by atoms with E-state index >= 15 is 0 Å². The number of nitrogens with zero attached hydrogens (tertiary/aromatic N) is 1. The molecule has 0 fully saturated rings. The molecule has 0 aliphatic carbocycles. The minimum atomic E-state index is 0.574. The monoisotopic (exact) mass is 96.1 g/mol. The Bertz CT molecular complexity index is 76.2. The van der Waals surface area contributed by atoms with Crippen LogP contribution in [0.4, 0.5) is 0 Å². The van der Waals surface area contributed by atoms with E-state index in [0.717, 1.165) is 0 Å². The predicted molar refractivity (Wildman–Crippen MR) is 31.2 cm³/mol. The van der Waals surface area contributed by atoms with Gasteiger partial charge in [0.1, 0.15) is 0 Å². The van der Waals surface area contributed by atoms with Gasteiger partial charge in [-0.05, 0) is 6.42 Å². The van der Waals surface area contributed by atoms with Crippen molar-refractivity contribution < 1.29 is 0 Å². The standard InChI is InChI=1S/C6H10N/c1-6-4-2-3-5-7-6/h3,5-6H,2,4H2,1H3/q-1/t6-/m1/s1. The molecular weight excluding hydrogens is 86.1 g/mol. The molecule has 1 heterocycles. The van der Waals surface area contributed by atoms with Crippen LogP contribution in [0.3, 0.4) is 0 Å². The molecule has 0 unspecified atom stereocenters. The lowest BCUT2D eigenvalue weighted by Crippen LogP contribution is -1.99. The summed E-state index contributed by atoms with van der Waals surface area (Å²) in [5.41, 5.74) is 0. The van der Waals surface area contributed by atoms with E-state index in [9.17, 15) is 0 Å². The van der Waals surface area contributed by atoms with Gasteiger partial charge in [-0.3, -0.25) is 0 Å². The summed E-state index contributed by atoms with van der Waals surface area (Å²) in [5.74, 6) is 0. The maximum atomic E-state index is 4.15. The van der Waals surface area contributed by atoms with E-state index < -0.39 is 0 Å². The average Bonchev–Trinajstić information content (AvgIpc) is 1.69. The smallest absolute Gasteiger partial charge is 0.0377 e. The third-order valence-corrected chi connectivity index (χ3v) is 1.20. The summed E-state index contributed by atoms with van der Waals surface area (Å²) >= 11 is 0. The maximum absolute atomic E-state index is 4.15. The van der Waals surface area contributed by atoms with E-state index in [0.29, 0.717) is 6.04 Å². The second-order valence-electron chi connectivity index (χ2n) is 1.96. The van der Waals surface area contributed by atoms with Crippen molar-refractivity contribution in [2.24, 2.45) is 0 Å². The van der Waals surface area contributed by atoms with Crippen molar-refractivity contribution in [3.8, 4) is 0 Å². The average molecular weight is 96.2 g/mol. The minimum Gasteiger partial charge on any atom is -0.688 e. The lowest BCUT2D eigenvalue weighted by Gasteiger charge is -2.28. The molecule has 0 aromatic heterocycles. The highest BCUT2D eigenvalue weighted by Crippen LogP contribution is 2.13. The molecule has 1 atom stereocenters. The molecule has 1 heteroatoms. The van der Waals surface area contributed by atoms with Crippen LogP contribution in [0.25, 0.3) is 5.32 Å². The number of hydrogen-bond acceptors (Lipinski definition) is 0. The van der Waals surface area contributed by atoms with Crippen molar-refractivity contribution in [2.75, 3.05) is 0 Å². The van der Waals surface area contributed by atoms with Crippen LogP contribution in [0, 0.1) is 0 Å². The molecule has 7 heavy (non-hydrogen) atoms. The third kappa shape index (κ3) is 1.22. The Morgan fingerprint density at radius 1 is 1.71 bits per heavy atom. The topological polar surface area (TPSA) is 14.1 Å². The summed E-state index contributed by atoms with van der Waals surface area (Å²) in [6, 6.07) is 0.574. The van der Waals surface area contributed by atoms with Gasteiger partial charge in [0, 0.05) is 0 Å². The molecule has 0 bridgehead atoms. The normalized spacial score (nSPS) is 29.6. The first-order chi connectivity index (χ1) is 3.39. The van der Waals surface area contributed by atoms with Crippen molar-refractivity contribution in [3.05, 3.63) is 17.6 Å². The fourth-order valence-electron chi connectivity index (χ4n) is 0.694. The van der Waals surface area contributed by atoms with Gasteiger partial charge in [0.05, 0.1) is 0 Å². The molecule has 1 aliphatic rings. The third-order valence-electron chi connectivity index (χ3n) is 1.20. The van der Waals surface area contributed by atoms with E-state index in [4.69, 9.17) is 0 Å².